The third-order valence-corrected chi connectivity index (χ3v) is 9.13. The molecule has 2 fully saturated rings. The van der Waals surface area contributed by atoms with Gasteiger partial charge in [0.05, 0.1) is 10.4 Å². The van der Waals surface area contributed by atoms with Crippen molar-refractivity contribution in [3.63, 3.8) is 0 Å². The SMILES string of the molecule is CCn1cc(C(=O)NC2CCCCCC2)c(=O)c2cc(S(=O)(=O)N3C[C@H](C)C[C@H](C)C3)ccc21. The average molecular weight is 488 g/mol. The zero-order valence-electron chi connectivity index (χ0n) is 20.5. The Balaban J connectivity index is 1.72. The van der Waals surface area contributed by atoms with E-state index >= 15 is 0 Å². The number of pyridine rings is 1. The van der Waals surface area contributed by atoms with Crippen molar-refractivity contribution in [1.82, 2.24) is 14.2 Å². The summed E-state index contributed by atoms with van der Waals surface area (Å²) in [4.78, 5) is 26.6. The average Bonchev–Trinajstić information content (AvgIpc) is 3.07. The Labute approximate surface area is 202 Å². The largest absolute Gasteiger partial charge is 0.349 e. The molecule has 0 bridgehead atoms. The first-order chi connectivity index (χ1) is 16.2. The number of piperidine rings is 1. The van der Waals surface area contributed by atoms with E-state index in [4.69, 9.17) is 0 Å². The van der Waals surface area contributed by atoms with E-state index in [0.29, 0.717) is 25.2 Å². The minimum atomic E-state index is -3.73. The highest BCUT2D eigenvalue weighted by Crippen LogP contribution is 2.28. The molecule has 0 unspecified atom stereocenters. The van der Waals surface area contributed by atoms with E-state index in [9.17, 15) is 18.0 Å². The molecule has 1 aromatic heterocycles. The summed E-state index contributed by atoms with van der Waals surface area (Å²) in [6, 6.07) is 4.82. The molecule has 186 valence electrons. The van der Waals surface area contributed by atoms with Crippen LogP contribution in [0, 0.1) is 11.8 Å². The number of hydrogen-bond donors (Lipinski definition) is 1. The van der Waals surface area contributed by atoms with E-state index in [2.05, 4.69) is 19.2 Å². The summed E-state index contributed by atoms with van der Waals surface area (Å²) >= 11 is 0. The van der Waals surface area contributed by atoms with E-state index < -0.39 is 15.5 Å². The first-order valence-corrected chi connectivity index (χ1v) is 14.1. The van der Waals surface area contributed by atoms with Crippen LogP contribution in [0.15, 0.2) is 34.1 Å². The lowest BCUT2D eigenvalue weighted by atomic mass is 9.94. The van der Waals surface area contributed by atoms with Crippen molar-refractivity contribution >= 4 is 26.8 Å². The Morgan fingerprint density at radius 3 is 2.32 bits per heavy atom. The predicted molar refractivity (Wildman–Crippen MR) is 135 cm³/mol. The molecule has 1 aliphatic heterocycles. The van der Waals surface area contributed by atoms with Crippen molar-refractivity contribution in [3.05, 3.63) is 40.2 Å². The van der Waals surface area contributed by atoms with Crippen molar-refractivity contribution < 1.29 is 13.2 Å². The third kappa shape index (κ3) is 5.08. The standard InChI is InChI=1S/C26H37N3O4S/c1-4-28-17-23(26(31)27-20-9-7-5-6-8-10-20)25(30)22-14-21(11-12-24(22)28)34(32,33)29-15-18(2)13-19(3)16-29/h11-12,14,17-20H,4-10,13,15-16H2,1-3H3,(H,27,31)/t18-,19+. The van der Waals surface area contributed by atoms with Gasteiger partial charge in [-0.05, 0) is 56.2 Å². The minimum absolute atomic E-state index is 0.0772. The first kappa shape index (κ1) is 24.9. The number of sulfonamides is 1. The number of nitrogens with zero attached hydrogens (tertiary/aromatic N) is 2. The van der Waals surface area contributed by atoms with E-state index in [1.54, 1.807) is 18.3 Å². The Kier molecular flexibility index (Phi) is 7.48. The van der Waals surface area contributed by atoms with E-state index in [1.165, 1.54) is 23.2 Å². The molecule has 1 amide bonds. The van der Waals surface area contributed by atoms with Gasteiger partial charge >= 0.3 is 0 Å². The summed E-state index contributed by atoms with van der Waals surface area (Å²) < 4.78 is 30.3. The summed E-state index contributed by atoms with van der Waals surface area (Å²) in [7, 11) is -3.73. The summed E-state index contributed by atoms with van der Waals surface area (Å²) in [5, 5.41) is 3.33. The van der Waals surface area contributed by atoms with Gasteiger partial charge in [0.15, 0.2) is 0 Å². The zero-order chi connectivity index (χ0) is 24.5. The molecule has 1 N–H and O–H groups in total. The molecule has 34 heavy (non-hydrogen) atoms. The Bertz CT molecular complexity index is 1200. The van der Waals surface area contributed by atoms with Gasteiger partial charge in [0.25, 0.3) is 5.91 Å². The van der Waals surface area contributed by atoms with Crippen LogP contribution in [-0.2, 0) is 16.6 Å². The lowest BCUT2D eigenvalue weighted by Gasteiger charge is -2.34. The molecule has 7 nitrogen and oxygen atoms in total. The Hall–Kier alpha value is -2.19. The fraction of sp³-hybridized carbons (Fsp3) is 0.615. The predicted octanol–water partition coefficient (Wildman–Crippen LogP) is 4.14. The molecule has 0 radical (unpaired) electrons. The van der Waals surface area contributed by atoms with Gasteiger partial charge in [0.1, 0.15) is 5.56 Å². The van der Waals surface area contributed by atoms with Gasteiger partial charge in [0.2, 0.25) is 15.5 Å². The van der Waals surface area contributed by atoms with Gasteiger partial charge in [-0.25, -0.2) is 8.42 Å². The molecular formula is C26H37N3O4S. The first-order valence-electron chi connectivity index (χ1n) is 12.7. The number of hydrogen-bond acceptors (Lipinski definition) is 4. The smallest absolute Gasteiger partial charge is 0.256 e. The van der Waals surface area contributed by atoms with Gasteiger partial charge in [-0.1, -0.05) is 39.5 Å². The van der Waals surface area contributed by atoms with Crippen LogP contribution in [0.2, 0.25) is 0 Å². The molecule has 1 saturated carbocycles. The molecule has 2 heterocycles. The normalized spacial score (nSPS) is 23.0. The number of carbonyl (C=O) groups excluding carboxylic acids is 1. The number of aryl methyl sites for hydroxylation is 1. The van der Waals surface area contributed by atoms with Crippen LogP contribution in [0.3, 0.4) is 0 Å². The molecule has 4 rings (SSSR count). The summed E-state index contributed by atoms with van der Waals surface area (Å²) in [6.45, 7) is 7.60. The van der Waals surface area contributed by atoms with E-state index in [0.717, 1.165) is 32.1 Å². The molecule has 1 saturated heterocycles. The lowest BCUT2D eigenvalue weighted by Crippen LogP contribution is -2.42. The van der Waals surface area contributed by atoms with Crippen molar-refractivity contribution in [2.24, 2.45) is 11.8 Å². The number of aromatic nitrogens is 1. The van der Waals surface area contributed by atoms with Gasteiger partial charge in [-0.15, -0.1) is 0 Å². The molecule has 2 aromatic rings. The van der Waals surface area contributed by atoms with Crippen LogP contribution in [0.5, 0.6) is 0 Å². The number of amides is 1. The molecular weight excluding hydrogens is 450 g/mol. The highest BCUT2D eigenvalue weighted by Gasteiger charge is 2.32. The highest BCUT2D eigenvalue weighted by molar-refractivity contribution is 7.89. The number of carbonyl (C=O) groups is 1. The minimum Gasteiger partial charge on any atom is -0.349 e. The molecule has 8 heteroatoms. The second-order valence-electron chi connectivity index (χ2n) is 10.3. The second-order valence-corrected chi connectivity index (χ2v) is 12.2. The van der Waals surface area contributed by atoms with Gasteiger partial charge < -0.3 is 9.88 Å². The van der Waals surface area contributed by atoms with E-state index in [1.807, 2.05) is 11.5 Å². The fourth-order valence-corrected chi connectivity index (χ4v) is 7.30. The van der Waals surface area contributed by atoms with E-state index in [-0.39, 0.29) is 39.6 Å². The number of benzene rings is 1. The summed E-state index contributed by atoms with van der Waals surface area (Å²) in [6.07, 6.45) is 8.98. The summed E-state index contributed by atoms with van der Waals surface area (Å²) in [5.41, 5.74) is 0.300. The molecule has 1 aromatic carbocycles. The summed E-state index contributed by atoms with van der Waals surface area (Å²) in [5.74, 6) is 0.208. The number of nitrogens with one attached hydrogen (secondary N) is 1. The molecule has 1 aliphatic carbocycles. The molecule has 2 aliphatic rings. The topological polar surface area (TPSA) is 88.5 Å². The number of fused-ring (bicyclic) bond motifs is 1. The van der Waals surface area contributed by atoms with Gasteiger partial charge in [0, 0.05) is 37.3 Å². The molecule has 2 atom stereocenters. The Morgan fingerprint density at radius 1 is 1.06 bits per heavy atom. The quantitative estimate of drug-likeness (QED) is 0.642. The van der Waals surface area contributed by atoms with Crippen LogP contribution in [0.1, 0.15) is 76.1 Å². The second kappa shape index (κ2) is 10.2. The maximum Gasteiger partial charge on any atom is 0.256 e. The van der Waals surface area contributed by atoms with Gasteiger partial charge in [-0.3, -0.25) is 9.59 Å². The third-order valence-electron chi connectivity index (χ3n) is 7.30. The monoisotopic (exact) mass is 487 g/mol. The van der Waals surface area contributed by atoms with Crippen LogP contribution in [0.25, 0.3) is 10.9 Å². The Morgan fingerprint density at radius 2 is 1.71 bits per heavy atom. The zero-order valence-corrected chi connectivity index (χ0v) is 21.4. The van der Waals surface area contributed by atoms with Crippen LogP contribution in [0.4, 0.5) is 0 Å². The highest BCUT2D eigenvalue weighted by atomic mass is 32.2. The van der Waals surface area contributed by atoms with Crippen molar-refractivity contribution in [3.8, 4) is 0 Å². The van der Waals surface area contributed by atoms with Crippen LogP contribution in [-0.4, -0.2) is 42.3 Å². The lowest BCUT2D eigenvalue weighted by molar-refractivity contribution is 0.0931. The number of rotatable bonds is 5. The van der Waals surface area contributed by atoms with Crippen LogP contribution >= 0.6 is 0 Å². The van der Waals surface area contributed by atoms with Crippen LogP contribution < -0.4 is 10.7 Å². The van der Waals surface area contributed by atoms with Crippen molar-refractivity contribution in [2.75, 3.05) is 13.1 Å². The molecule has 0 spiro atoms. The maximum atomic E-state index is 13.4. The van der Waals surface area contributed by atoms with Gasteiger partial charge in [-0.2, -0.15) is 4.31 Å². The maximum absolute atomic E-state index is 13.4. The fourth-order valence-electron chi connectivity index (χ4n) is 5.60. The van der Waals surface area contributed by atoms with Crippen molar-refractivity contribution in [1.29, 1.82) is 0 Å². The van der Waals surface area contributed by atoms with Crippen molar-refractivity contribution in [2.45, 2.75) is 83.2 Å².